The van der Waals surface area contributed by atoms with Gasteiger partial charge in [0.15, 0.2) is 6.61 Å². The van der Waals surface area contributed by atoms with Crippen LogP contribution < -0.4 is 10.1 Å². The van der Waals surface area contributed by atoms with Crippen molar-refractivity contribution in [3.05, 3.63) is 57.5 Å². The third-order valence-corrected chi connectivity index (χ3v) is 3.38. The molecule has 0 aliphatic rings. The molecule has 0 spiro atoms. The zero-order valence-electron chi connectivity index (χ0n) is 10.8. The van der Waals surface area contributed by atoms with E-state index >= 15 is 0 Å². The maximum Gasteiger partial charge on any atom is 0.262 e. The number of para-hydroxylation sites is 1. The summed E-state index contributed by atoms with van der Waals surface area (Å²) in [7, 11) is 0. The Kier molecular flexibility index (Phi) is 5.20. The Labute approximate surface area is 135 Å². The zero-order chi connectivity index (χ0) is 15.2. The molecule has 4 nitrogen and oxygen atoms in total. The molecule has 0 saturated carbocycles. The fraction of sp³-hybridized carbons (Fsp3) is 0.0667. The smallest absolute Gasteiger partial charge is 0.262 e. The summed E-state index contributed by atoms with van der Waals surface area (Å²) in [6.07, 6.45) is 0. The summed E-state index contributed by atoms with van der Waals surface area (Å²) in [6.45, 7) is -0.203. The van der Waals surface area contributed by atoms with Crippen LogP contribution in [0.3, 0.4) is 0 Å². The first kappa shape index (κ1) is 15.4. The molecule has 21 heavy (non-hydrogen) atoms. The van der Waals surface area contributed by atoms with Crippen LogP contribution >= 0.6 is 27.5 Å². The van der Waals surface area contributed by atoms with Crippen LogP contribution in [0.2, 0.25) is 5.02 Å². The number of benzene rings is 2. The normalized spacial score (nSPS) is 9.76. The van der Waals surface area contributed by atoms with Gasteiger partial charge in [-0.15, -0.1) is 0 Å². The number of ether oxygens (including phenoxy) is 1. The second-order valence-corrected chi connectivity index (χ2v) is 5.39. The Balaban J connectivity index is 1.98. The van der Waals surface area contributed by atoms with Gasteiger partial charge in [0.1, 0.15) is 11.8 Å². The van der Waals surface area contributed by atoms with Crippen LogP contribution in [0.1, 0.15) is 5.56 Å². The second-order valence-electron chi connectivity index (χ2n) is 4.07. The number of nitrogens with zero attached hydrogens (tertiary/aromatic N) is 1. The van der Waals surface area contributed by atoms with Crippen LogP contribution in [0.15, 0.2) is 46.9 Å². The lowest BCUT2D eigenvalue weighted by Gasteiger charge is -2.09. The number of nitrogens with one attached hydrogen (secondary N) is 1. The van der Waals surface area contributed by atoms with Gasteiger partial charge in [-0.1, -0.05) is 39.7 Å². The van der Waals surface area contributed by atoms with E-state index in [4.69, 9.17) is 21.6 Å². The van der Waals surface area contributed by atoms with E-state index in [1.165, 1.54) is 0 Å². The lowest BCUT2D eigenvalue weighted by molar-refractivity contribution is -0.118. The van der Waals surface area contributed by atoms with Gasteiger partial charge in [-0.3, -0.25) is 4.79 Å². The fourth-order valence-electron chi connectivity index (χ4n) is 1.61. The maximum atomic E-state index is 11.8. The molecule has 0 aliphatic carbocycles. The number of halogens is 2. The first-order valence-electron chi connectivity index (χ1n) is 5.97. The molecule has 2 aromatic carbocycles. The van der Waals surface area contributed by atoms with Gasteiger partial charge in [0.25, 0.3) is 5.91 Å². The van der Waals surface area contributed by atoms with Crippen molar-refractivity contribution in [3.8, 4) is 11.8 Å². The summed E-state index contributed by atoms with van der Waals surface area (Å²) in [6, 6.07) is 13.9. The fourth-order valence-corrected chi connectivity index (χ4v) is 2.33. The van der Waals surface area contributed by atoms with E-state index in [1.54, 1.807) is 42.5 Å². The van der Waals surface area contributed by atoms with Gasteiger partial charge in [0.2, 0.25) is 0 Å². The number of hydrogen-bond donors (Lipinski definition) is 1. The number of carbonyl (C=O) groups is 1. The van der Waals surface area contributed by atoms with Crippen LogP contribution in [0.5, 0.6) is 5.75 Å². The van der Waals surface area contributed by atoms with Crippen LogP contribution in [-0.2, 0) is 4.79 Å². The van der Waals surface area contributed by atoms with Gasteiger partial charge < -0.3 is 10.1 Å². The number of hydrogen-bond acceptors (Lipinski definition) is 3. The molecule has 1 N–H and O–H groups in total. The molecule has 106 valence electrons. The van der Waals surface area contributed by atoms with Crippen molar-refractivity contribution in [2.45, 2.75) is 0 Å². The van der Waals surface area contributed by atoms with Crippen LogP contribution in [0, 0.1) is 11.3 Å². The highest BCUT2D eigenvalue weighted by atomic mass is 79.9. The molecule has 6 heteroatoms. The molecule has 0 bridgehead atoms. The van der Waals surface area contributed by atoms with Crippen LogP contribution in [-0.4, -0.2) is 12.5 Å². The predicted molar refractivity (Wildman–Crippen MR) is 84.4 cm³/mol. The van der Waals surface area contributed by atoms with E-state index in [0.29, 0.717) is 22.0 Å². The Morgan fingerprint density at radius 3 is 2.81 bits per heavy atom. The molecule has 0 radical (unpaired) electrons. The average molecular weight is 366 g/mol. The lowest BCUT2D eigenvalue weighted by Crippen LogP contribution is -2.20. The van der Waals surface area contributed by atoms with Gasteiger partial charge in [-0.2, -0.15) is 5.26 Å². The Hall–Kier alpha value is -2.03. The molecule has 2 rings (SSSR count). The van der Waals surface area contributed by atoms with E-state index in [0.717, 1.165) is 4.47 Å². The van der Waals surface area contributed by atoms with Crippen molar-refractivity contribution in [2.75, 3.05) is 11.9 Å². The van der Waals surface area contributed by atoms with Gasteiger partial charge in [0.05, 0.1) is 16.3 Å². The Morgan fingerprint density at radius 2 is 2.10 bits per heavy atom. The minimum absolute atomic E-state index is 0.203. The second kappa shape index (κ2) is 7.11. The SMILES string of the molecule is N#Cc1ccccc1OCC(=O)Nc1ccc(Br)cc1Cl. The first-order chi connectivity index (χ1) is 10.1. The van der Waals surface area contributed by atoms with Crippen molar-refractivity contribution in [3.63, 3.8) is 0 Å². The quantitative estimate of drug-likeness (QED) is 0.891. The minimum atomic E-state index is -0.355. The summed E-state index contributed by atoms with van der Waals surface area (Å²) in [5.74, 6) is 0.0176. The topological polar surface area (TPSA) is 62.1 Å². The summed E-state index contributed by atoms with van der Waals surface area (Å²) >= 11 is 9.30. The third kappa shape index (κ3) is 4.22. The van der Waals surface area contributed by atoms with Gasteiger partial charge in [-0.05, 0) is 30.3 Å². The number of amides is 1. The highest BCUT2D eigenvalue weighted by Gasteiger charge is 2.08. The average Bonchev–Trinajstić information content (AvgIpc) is 2.48. The summed E-state index contributed by atoms with van der Waals surface area (Å²) in [5, 5.41) is 12.0. The highest BCUT2D eigenvalue weighted by molar-refractivity contribution is 9.10. The predicted octanol–water partition coefficient (Wildman–Crippen LogP) is 3.99. The molecule has 0 saturated heterocycles. The van der Waals surface area contributed by atoms with Crippen molar-refractivity contribution < 1.29 is 9.53 Å². The molecular weight excluding hydrogens is 356 g/mol. The van der Waals surface area contributed by atoms with E-state index in [9.17, 15) is 4.79 Å². The minimum Gasteiger partial charge on any atom is -0.482 e. The largest absolute Gasteiger partial charge is 0.482 e. The van der Waals surface area contributed by atoms with E-state index in [1.807, 2.05) is 6.07 Å². The molecular formula is C15H10BrClN2O2. The van der Waals surface area contributed by atoms with Gasteiger partial charge >= 0.3 is 0 Å². The number of nitriles is 1. The number of anilines is 1. The number of rotatable bonds is 4. The molecule has 0 aliphatic heterocycles. The van der Waals surface area contributed by atoms with Gasteiger partial charge in [-0.25, -0.2) is 0 Å². The van der Waals surface area contributed by atoms with Crippen molar-refractivity contribution in [1.29, 1.82) is 5.26 Å². The standard InChI is InChI=1S/C15H10BrClN2O2/c16-11-5-6-13(12(17)7-11)19-15(20)9-21-14-4-2-1-3-10(14)8-18/h1-7H,9H2,(H,19,20). The Morgan fingerprint density at radius 1 is 1.33 bits per heavy atom. The van der Waals surface area contributed by atoms with Crippen molar-refractivity contribution in [1.82, 2.24) is 0 Å². The molecule has 0 fully saturated rings. The summed E-state index contributed by atoms with van der Waals surface area (Å²) in [4.78, 5) is 11.8. The maximum absolute atomic E-state index is 11.8. The molecule has 0 aromatic heterocycles. The van der Waals surface area contributed by atoms with E-state index < -0.39 is 0 Å². The molecule has 0 heterocycles. The summed E-state index contributed by atoms with van der Waals surface area (Å²) < 4.78 is 6.16. The molecule has 2 aromatic rings. The zero-order valence-corrected chi connectivity index (χ0v) is 13.1. The number of carbonyl (C=O) groups excluding carboxylic acids is 1. The third-order valence-electron chi connectivity index (χ3n) is 2.57. The lowest BCUT2D eigenvalue weighted by atomic mass is 10.2. The first-order valence-corrected chi connectivity index (χ1v) is 7.14. The van der Waals surface area contributed by atoms with Crippen molar-refractivity contribution in [2.24, 2.45) is 0 Å². The van der Waals surface area contributed by atoms with Crippen LogP contribution in [0.4, 0.5) is 5.69 Å². The highest BCUT2D eigenvalue weighted by Crippen LogP contribution is 2.25. The van der Waals surface area contributed by atoms with E-state index in [2.05, 4.69) is 21.2 Å². The van der Waals surface area contributed by atoms with Gasteiger partial charge in [0, 0.05) is 4.47 Å². The summed E-state index contributed by atoms with van der Waals surface area (Å²) in [5.41, 5.74) is 0.883. The molecule has 0 unspecified atom stereocenters. The van der Waals surface area contributed by atoms with Crippen molar-refractivity contribution >= 4 is 39.1 Å². The van der Waals surface area contributed by atoms with E-state index in [-0.39, 0.29) is 12.5 Å². The Bertz CT molecular complexity index is 713. The molecule has 1 amide bonds. The monoisotopic (exact) mass is 364 g/mol. The van der Waals surface area contributed by atoms with Crippen LogP contribution in [0.25, 0.3) is 0 Å². The molecule has 0 atom stereocenters.